The van der Waals surface area contributed by atoms with Crippen molar-refractivity contribution in [1.29, 1.82) is 0 Å². The van der Waals surface area contributed by atoms with Gasteiger partial charge in [0.2, 0.25) is 4.46 Å². The Balaban J connectivity index is 2.74. The van der Waals surface area contributed by atoms with Gasteiger partial charge in [0, 0.05) is 17.3 Å². The molecule has 0 radical (unpaired) electrons. The molecule has 0 aliphatic carbocycles. The lowest BCUT2D eigenvalue weighted by Crippen LogP contribution is -2.25. The Hall–Kier alpha value is -0.150. The van der Waals surface area contributed by atoms with E-state index >= 15 is 0 Å². The Morgan fingerprint density at radius 1 is 1.29 bits per heavy atom. The summed E-state index contributed by atoms with van der Waals surface area (Å²) in [5, 5.41) is 0.293. The molecule has 0 unspecified atom stereocenters. The Bertz CT molecular complexity index is 418. The number of nitrogens with zero attached hydrogens (tertiary/aromatic N) is 1. The van der Waals surface area contributed by atoms with E-state index in [-0.39, 0.29) is 5.56 Å². The fraction of sp³-hybridized carbons (Fsp3) is 0.125. The van der Waals surface area contributed by atoms with E-state index in [4.69, 9.17) is 46.6 Å². The molecule has 0 bridgehead atoms. The molecule has 1 aromatic rings. The van der Waals surface area contributed by atoms with Crippen molar-refractivity contribution in [1.82, 2.24) is 4.42 Å². The van der Waals surface area contributed by atoms with Crippen LogP contribution < -0.4 is 0 Å². The van der Waals surface area contributed by atoms with Gasteiger partial charge >= 0.3 is 0 Å². The number of benzene rings is 1. The van der Waals surface area contributed by atoms with E-state index < -0.39 is 10.4 Å². The number of fused-ring (bicyclic) bond motifs is 1. The minimum Gasteiger partial charge on any atom is -0.268 e. The predicted octanol–water partition coefficient (Wildman–Crippen LogP) is 3.54. The average Bonchev–Trinajstić information content (AvgIpc) is 2.30. The Morgan fingerprint density at radius 2 is 1.93 bits per heavy atom. The molecule has 6 heteroatoms. The van der Waals surface area contributed by atoms with Crippen molar-refractivity contribution in [2.75, 3.05) is 0 Å². The Morgan fingerprint density at radius 3 is 2.50 bits per heavy atom. The first-order chi connectivity index (χ1) is 6.46. The van der Waals surface area contributed by atoms with E-state index in [1.165, 1.54) is 0 Å². The van der Waals surface area contributed by atoms with Gasteiger partial charge in [0.25, 0.3) is 5.91 Å². The van der Waals surface area contributed by atoms with E-state index in [2.05, 4.69) is 0 Å². The molecule has 1 aromatic carbocycles. The third kappa shape index (κ3) is 1.22. The van der Waals surface area contributed by atoms with Crippen LogP contribution in [0.25, 0.3) is 0 Å². The van der Waals surface area contributed by atoms with Crippen LogP contribution in [-0.2, 0) is 4.46 Å². The fourth-order valence-corrected chi connectivity index (χ4v) is 2.22. The molecule has 0 saturated heterocycles. The summed E-state index contributed by atoms with van der Waals surface area (Å²) in [7, 11) is 0. The molecule has 74 valence electrons. The third-order valence-corrected chi connectivity index (χ3v) is 3.62. The zero-order valence-corrected chi connectivity index (χ0v) is 9.62. The van der Waals surface area contributed by atoms with Gasteiger partial charge in [-0.25, -0.2) is 4.42 Å². The molecule has 2 rings (SSSR count). The molecule has 0 aromatic heterocycles. The largest absolute Gasteiger partial charge is 0.273 e. The zero-order chi connectivity index (χ0) is 10.5. The summed E-state index contributed by atoms with van der Waals surface area (Å²) < 4.78 is -0.814. The summed E-state index contributed by atoms with van der Waals surface area (Å²) in [4.78, 5) is 11.6. The van der Waals surface area contributed by atoms with Crippen molar-refractivity contribution >= 4 is 52.5 Å². The minimum absolute atomic E-state index is 0.258. The molecular formula is C8H3Cl4NO. The monoisotopic (exact) mass is 269 g/mol. The standard InChI is InChI=1S/C8H3Cl4NO/c9-5-3-1-2-4-6(5)7(14)13(12)8(4,10)11/h1-3H. The molecule has 1 heterocycles. The first-order valence-electron chi connectivity index (χ1n) is 3.63. The molecule has 0 saturated carbocycles. The number of hydrogen-bond donors (Lipinski definition) is 0. The van der Waals surface area contributed by atoms with Gasteiger partial charge < -0.3 is 0 Å². The van der Waals surface area contributed by atoms with Crippen LogP contribution in [0.4, 0.5) is 0 Å². The van der Waals surface area contributed by atoms with E-state index in [0.717, 1.165) is 4.42 Å². The molecule has 1 aliphatic heterocycles. The molecule has 0 spiro atoms. The first-order valence-corrected chi connectivity index (χ1v) is 5.10. The second-order valence-corrected chi connectivity index (χ2v) is 4.82. The molecule has 2 nitrogen and oxygen atoms in total. The topological polar surface area (TPSA) is 20.3 Å². The van der Waals surface area contributed by atoms with E-state index in [1.54, 1.807) is 18.2 Å². The number of hydrogen-bond acceptors (Lipinski definition) is 1. The number of carbonyl (C=O) groups is 1. The van der Waals surface area contributed by atoms with Crippen molar-refractivity contribution in [3.05, 3.63) is 34.3 Å². The van der Waals surface area contributed by atoms with Crippen LogP contribution in [0, 0.1) is 0 Å². The second kappa shape index (κ2) is 3.17. The summed E-state index contributed by atoms with van der Waals surface area (Å²) in [6.45, 7) is 0. The number of alkyl halides is 2. The van der Waals surface area contributed by atoms with E-state index in [9.17, 15) is 4.79 Å². The average molecular weight is 271 g/mol. The van der Waals surface area contributed by atoms with Crippen LogP contribution in [-0.4, -0.2) is 10.3 Å². The zero-order valence-electron chi connectivity index (χ0n) is 6.60. The molecule has 14 heavy (non-hydrogen) atoms. The van der Waals surface area contributed by atoms with Gasteiger partial charge in [-0.05, 0) is 6.07 Å². The van der Waals surface area contributed by atoms with Crippen molar-refractivity contribution in [2.24, 2.45) is 0 Å². The van der Waals surface area contributed by atoms with Gasteiger partial charge in [-0.3, -0.25) is 4.79 Å². The maximum atomic E-state index is 11.6. The molecule has 0 atom stereocenters. The van der Waals surface area contributed by atoms with Crippen LogP contribution in [0.15, 0.2) is 18.2 Å². The highest BCUT2D eigenvalue weighted by atomic mass is 35.5. The number of amides is 1. The van der Waals surface area contributed by atoms with Crippen LogP contribution in [0.2, 0.25) is 5.02 Å². The molecule has 1 amide bonds. The highest BCUT2D eigenvalue weighted by molar-refractivity contribution is 6.53. The number of carbonyl (C=O) groups excluding carboxylic acids is 1. The van der Waals surface area contributed by atoms with E-state index in [0.29, 0.717) is 10.6 Å². The molecular weight excluding hydrogens is 268 g/mol. The summed E-state index contributed by atoms with van der Waals surface area (Å²) in [6, 6.07) is 4.85. The molecule has 0 N–H and O–H groups in total. The summed E-state index contributed by atoms with van der Waals surface area (Å²) in [6.07, 6.45) is 0. The van der Waals surface area contributed by atoms with Gasteiger partial charge in [-0.1, -0.05) is 46.9 Å². The number of halogens is 4. The van der Waals surface area contributed by atoms with Gasteiger partial charge in [0.05, 0.1) is 10.6 Å². The molecule has 1 aliphatic rings. The Kier molecular flexibility index (Phi) is 2.35. The Labute approximate surface area is 100 Å². The smallest absolute Gasteiger partial charge is 0.268 e. The molecule has 0 fully saturated rings. The van der Waals surface area contributed by atoms with Crippen molar-refractivity contribution < 1.29 is 4.79 Å². The lowest BCUT2D eigenvalue weighted by Gasteiger charge is -2.19. The maximum Gasteiger partial charge on any atom is 0.273 e. The summed E-state index contributed by atoms with van der Waals surface area (Å²) >= 11 is 23.3. The van der Waals surface area contributed by atoms with Crippen molar-refractivity contribution in [2.45, 2.75) is 4.46 Å². The van der Waals surface area contributed by atoms with Gasteiger partial charge in [0.1, 0.15) is 0 Å². The fourth-order valence-electron chi connectivity index (χ4n) is 1.32. The van der Waals surface area contributed by atoms with Crippen molar-refractivity contribution in [3.8, 4) is 0 Å². The quantitative estimate of drug-likeness (QED) is 0.401. The maximum absolute atomic E-state index is 11.6. The first kappa shape index (κ1) is 10.4. The van der Waals surface area contributed by atoms with E-state index in [1.807, 2.05) is 0 Å². The minimum atomic E-state index is -1.54. The van der Waals surface area contributed by atoms with Crippen LogP contribution in [0.1, 0.15) is 15.9 Å². The van der Waals surface area contributed by atoms with Crippen LogP contribution in [0.5, 0.6) is 0 Å². The summed E-state index contributed by atoms with van der Waals surface area (Å²) in [5.74, 6) is -0.489. The lowest BCUT2D eigenvalue weighted by atomic mass is 10.1. The van der Waals surface area contributed by atoms with Gasteiger partial charge in [-0.15, -0.1) is 0 Å². The lowest BCUT2D eigenvalue weighted by molar-refractivity contribution is 0.0866. The van der Waals surface area contributed by atoms with Crippen molar-refractivity contribution in [3.63, 3.8) is 0 Å². The van der Waals surface area contributed by atoms with Gasteiger partial charge in [-0.2, -0.15) is 0 Å². The predicted molar refractivity (Wildman–Crippen MR) is 56.9 cm³/mol. The second-order valence-electron chi connectivity index (χ2n) is 2.79. The normalized spacial score (nSPS) is 18.6. The highest BCUT2D eigenvalue weighted by Crippen LogP contribution is 2.48. The van der Waals surface area contributed by atoms with Crippen LogP contribution >= 0.6 is 46.6 Å². The highest BCUT2D eigenvalue weighted by Gasteiger charge is 2.48. The van der Waals surface area contributed by atoms with Crippen LogP contribution in [0.3, 0.4) is 0 Å². The summed E-state index contributed by atoms with van der Waals surface area (Å²) in [5.41, 5.74) is 0.669. The third-order valence-electron chi connectivity index (χ3n) is 1.98. The number of rotatable bonds is 0. The SMILES string of the molecule is O=C1c2c(Cl)cccc2C(Cl)(Cl)N1Cl. The van der Waals surface area contributed by atoms with Gasteiger partial charge in [0.15, 0.2) is 0 Å².